The Hall–Kier alpha value is -1.34. The highest BCUT2D eigenvalue weighted by molar-refractivity contribution is 7.99. The first kappa shape index (κ1) is 13.1. The van der Waals surface area contributed by atoms with E-state index in [2.05, 4.69) is 15.6 Å². The summed E-state index contributed by atoms with van der Waals surface area (Å²) in [5.74, 6) is 0.478. The first-order valence-electron chi connectivity index (χ1n) is 5.81. The Bertz CT molecular complexity index is 514. The van der Waals surface area contributed by atoms with Crippen LogP contribution in [0.1, 0.15) is 17.3 Å². The van der Waals surface area contributed by atoms with E-state index in [-0.39, 0.29) is 23.1 Å². The van der Waals surface area contributed by atoms with Crippen molar-refractivity contribution in [2.75, 3.05) is 19.3 Å². The molecule has 2 N–H and O–H groups in total. The fourth-order valence-corrected chi connectivity index (χ4v) is 2.53. The summed E-state index contributed by atoms with van der Waals surface area (Å²) < 4.78 is 1.56. The predicted octanol–water partition coefficient (Wildman–Crippen LogP) is -0.313. The predicted molar refractivity (Wildman–Crippen MR) is 70.1 cm³/mol. The van der Waals surface area contributed by atoms with Crippen molar-refractivity contribution in [2.24, 2.45) is 0 Å². The van der Waals surface area contributed by atoms with Crippen LogP contribution in [-0.2, 0) is 6.54 Å². The van der Waals surface area contributed by atoms with E-state index in [0.717, 1.165) is 5.75 Å². The van der Waals surface area contributed by atoms with Crippen molar-refractivity contribution in [3.63, 3.8) is 0 Å². The largest absolute Gasteiger partial charge is 0.350 e. The minimum atomic E-state index is -0.359. The molecule has 0 aromatic carbocycles. The van der Waals surface area contributed by atoms with Gasteiger partial charge < -0.3 is 10.6 Å². The molecule has 0 saturated carbocycles. The molecule has 0 bridgehead atoms. The zero-order valence-electron chi connectivity index (χ0n) is 10.4. The van der Waals surface area contributed by atoms with Gasteiger partial charge in [0.05, 0.1) is 0 Å². The molecular weight excluding hydrogens is 252 g/mol. The number of hydrogen-bond acceptors (Lipinski definition) is 5. The van der Waals surface area contributed by atoms with Crippen LogP contribution in [0.4, 0.5) is 0 Å². The summed E-state index contributed by atoms with van der Waals surface area (Å²) in [6.07, 6.45) is 1.37. The Labute approximate surface area is 109 Å². The lowest BCUT2D eigenvalue weighted by Gasteiger charge is -2.11. The van der Waals surface area contributed by atoms with E-state index in [1.54, 1.807) is 4.57 Å². The fraction of sp³-hybridized carbons (Fsp3) is 0.545. The van der Waals surface area contributed by atoms with Gasteiger partial charge in [-0.2, -0.15) is 0 Å². The summed E-state index contributed by atoms with van der Waals surface area (Å²) in [7, 11) is 1.82. The standard InChI is InChI=1S/C11H16N4O2S/c1-7(12-2)5-13-9(16)8-6-14-11-15(10(8)17)3-4-18-11/h6-7,12H,3-5H2,1-2H3,(H,13,16). The van der Waals surface area contributed by atoms with Crippen LogP contribution < -0.4 is 16.2 Å². The molecule has 0 spiro atoms. The number of carbonyl (C=O) groups excluding carboxylic acids is 1. The van der Waals surface area contributed by atoms with E-state index in [9.17, 15) is 9.59 Å². The molecule has 1 unspecified atom stereocenters. The first-order chi connectivity index (χ1) is 8.63. The van der Waals surface area contributed by atoms with Gasteiger partial charge in [0.1, 0.15) is 5.56 Å². The average molecular weight is 268 g/mol. The van der Waals surface area contributed by atoms with Crippen molar-refractivity contribution in [1.29, 1.82) is 0 Å². The molecule has 1 aliphatic heterocycles. The molecular formula is C11H16N4O2S. The van der Waals surface area contributed by atoms with Crippen LogP contribution >= 0.6 is 11.8 Å². The molecule has 1 aliphatic rings. The Balaban J connectivity index is 2.14. The second-order valence-electron chi connectivity index (χ2n) is 4.16. The van der Waals surface area contributed by atoms with E-state index in [1.807, 2.05) is 14.0 Å². The second-order valence-corrected chi connectivity index (χ2v) is 5.22. The third-order valence-corrected chi connectivity index (χ3v) is 3.83. The van der Waals surface area contributed by atoms with Gasteiger partial charge in [-0.05, 0) is 14.0 Å². The third-order valence-electron chi connectivity index (χ3n) is 2.86. The molecule has 1 amide bonds. The lowest BCUT2D eigenvalue weighted by Crippen LogP contribution is -2.40. The number of carbonyl (C=O) groups is 1. The summed E-state index contributed by atoms with van der Waals surface area (Å²) in [5.41, 5.74) is -0.135. The Morgan fingerprint density at radius 3 is 3.17 bits per heavy atom. The van der Waals surface area contributed by atoms with Gasteiger partial charge >= 0.3 is 0 Å². The summed E-state index contributed by atoms with van der Waals surface area (Å²) in [5, 5.41) is 6.43. The van der Waals surface area contributed by atoms with Crippen molar-refractivity contribution < 1.29 is 4.79 Å². The van der Waals surface area contributed by atoms with Crippen LogP contribution in [0.25, 0.3) is 0 Å². The van der Waals surface area contributed by atoms with Crippen molar-refractivity contribution in [1.82, 2.24) is 20.2 Å². The number of nitrogens with one attached hydrogen (secondary N) is 2. The van der Waals surface area contributed by atoms with Gasteiger partial charge in [-0.15, -0.1) is 0 Å². The molecule has 98 valence electrons. The number of thioether (sulfide) groups is 1. The fourth-order valence-electron chi connectivity index (χ4n) is 1.62. The highest BCUT2D eigenvalue weighted by Gasteiger charge is 2.19. The van der Waals surface area contributed by atoms with Crippen LogP contribution in [-0.4, -0.2) is 40.8 Å². The highest BCUT2D eigenvalue weighted by atomic mass is 32.2. The van der Waals surface area contributed by atoms with E-state index >= 15 is 0 Å². The van der Waals surface area contributed by atoms with Crippen LogP contribution in [0.15, 0.2) is 16.1 Å². The van der Waals surface area contributed by atoms with E-state index < -0.39 is 0 Å². The molecule has 0 radical (unpaired) electrons. The van der Waals surface area contributed by atoms with Crippen molar-refractivity contribution >= 4 is 17.7 Å². The topological polar surface area (TPSA) is 76.0 Å². The Morgan fingerprint density at radius 2 is 2.44 bits per heavy atom. The normalized spacial score (nSPS) is 15.2. The van der Waals surface area contributed by atoms with Crippen LogP contribution in [0.5, 0.6) is 0 Å². The number of nitrogens with zero attached hydrogens (tertiary/aromatic N) is 2. The molecule has 18 heavy (non-hydrogen) atoms. The van der Waals surface area contributed by atoms with Gasteiger partial charge in [0.25, 0.3) is 11.5 Å². The molecule has 0 fully saturated rings. The van der Waals surface area contributed by atoms with Crippen LogP contribution in [0, 0.1) is 0 Å². The lowest BCUT2D eigenvalue weighted by atomic mass is 10.3. The lowest BCUT2D eigenvalue weighted by molar-refractivity contribution is 0.0947. The molecule has 6 nitrogen and oxygen atoms in total. The Morgan fingerprint density at radius 1 is 1.67 bits per heavy atom. The summed E-state index contributed by atoms with van der Waals surface area (Å²) in [6, 6.07) is 0.162. The Kier molecular flexibility index (Phi) is 4.03. The maximum absolute atomic E-state index is 12.0. The van der Waals surface area contributed by atoms with Gasteiger partial charge in [0, 0.05) is 31.1 Å². The second kappa shape index (κ2) is 5.53. The van der Waals surface area contributed by atoms with Crippen molar-refractivity contribution in [2.45, 2.75) is 24.7 Å². The van der Waals surface area contributed by atoms with Gasteiger partial charge in [-0.3, -0.25) is 14.2 Å². The number of fused-ring (bicyclic) bond motifs is 1. The molecule has 0 saturated heterocycles. The van der Waals surface area contributed by atoms with E-state index in [4.69, 9.17) is 0 Å². The van der Waals surface area contributed by atoms with Crippen LogP contribution in [0.2, 0.25) is 0 Å². The van der Waals surface area contributed by atoms with E-state index in [1.165, 1.54) is 18.0 Å². The molecule has 1 atom stereocenters. The molecule has 2 heterocycles. The number of aromatic nitrogens is 2. The zero-order valence-corrected chi connectivity index (χ0v) is 11.2. The minimum Gasteiger partial charge on any atom is -0.350 e. The molecule has 2 rings (SSSR count). The van der Waals surface area contributed by atoms with Gasteiger partial charge in [0.15, 0.2) is 5.16 Å². The number of likely N-dealkylation sites (N-methyl/N-ethyl adjacent to an activating group) is 1. The van der Waals surface area contributed by atoms with E-state index in [0.29, 0.717) is 18.2 Å². The third kappa shape index (κ3) is 2.56. The first-order valence-corrected chi connectivity index (χ1v) is 6.80. The summed E-state index contributed by atoms with van der Waals surface area (Å²) in [6.45, 7) is 3.05. The van der Waals surface area contributed by atoms with Gasteiger partial charge in [-0.25, -0.2) is 4.98 Å². The summed E-state index contributed by atoms with van der Waals surface area (Å²) in [4.78, 5) is 28.1. The number of amides is 1. The highest BCUT2D eigenvalue weighted by Crippen LogP contribution is 2.20. The SMILES string of the molecule is CNC(C)CNC(=O)c1cnc2n(c1=O)CCS2. The smallest absolute Gasteiger partial charge is 0.267 e. The van der Waals surface area contributed by atoms with Crippen molar-refractivity contribution in [3.05, 3.63) is 22.1 Å². The zero-order chi connectivity index (χ0) is 13.1. The van der Waals surface area contributed by atoms with Gasteiger partial charge in [-0.1, -0.05) is 11.8 Å². The van der Waals surface area contributed by atoms with Crippen molar-refractivity contribution in [3.8, 4) is 0 Å². The maximum atomic E-state index is 12.0. The molecule has 7 heteroatoms. The monoisotopic (exact) mass is 268 g/mol. The molecule has 1 aromatic rings. The molecule has 0 aliphatic carbocycles. The van der Waals surface area contributed by atoms with Crippen LogP contribution in [0.3, 0.4) is 0 Å². The van der Waals surface area contributed by atoms with Gasteiger partial charge in [0.2, 0.25) is 0 Å². The maximum Gasteiger partial charge on any atom is 0.267 e. The minimum absolute atomic E-state index is 0.115. The summed E-state index contributed by atoms with van der Waals surface area (Å²) >= 11 is 1.53. The quantitative estimate of drug-likeness (QED) is 0.732. The average Bonchev–Trinajstić information content (AvgIpc) is 2.85. The number of hydrogen-bond donors (Lipinski definition) is 2. The molecule has 1 aromatic heterocycles. The number of rotatable bonds is 4.